The van der Waals surface area contributed by atoms with E-state index in [0.29, 0.717) is 38.8 Å². The molecule has 0 radical (unpaired) electrons. The van der Waals surface area contributed by atoms with Gasteiger partial charge >= 0.3 is 5.97 Å². The van der Waals surface area contributed by atoms with Crippen LogP contribution in [0.25, 0.3) is 0 Å². The number of benzene rings is 1. The van der Waals surface area contributed by atoms with Crippen LogP contribution < -0.4 is 0 Å². The lowest BCUT2D eigenvalue weighted by molar-refractivity contribution is -0.161. The van der Waals surface area contributed by atoms with Crippen molar-refractivity contribution in [3.05, 3.63) is 61.2 Å². The van der Waals surface area contributed by atoms with Crippen molar-refractivity contribution < 1.29 is 29.0 Å². The molecule has 3 aliphatic rings. The molecule has 1 N–H and O–H groups in total. The number of amides is 2. The van der Waals surface area contributed by atoms with Gasteiger partial charge in [-0.1, -0.05) is 55.8 Å². The van der Waals surface area contributed by atoms with Gasteiger partial charge in [0, 0.05) is 13.1 Å². The monoisotopic (exact) mass is 538 g/mol. The number of rotatable bonds is 14. The maximum Gasteiger partial charge on any atom is 0.312 e. The minimum Gasteiger partial charge on any atom is -0.465 e. The van der Waals surface area contributed by atoms with Crippen LogP contribution in [-0.4, -0.2) is 82.3 Å². The summed E-state index contributed by atoms with van der Waals surface area (Å²) in [5, 5.41) is 10.6. The van der Waals surface area contributed by atoms with E-state index in [4.69, 9.17) is 9.47 Å². The fourth-order valence-electron chi connectivity index (χ4n) is 6.83. The number of aliphatic hydroxyl groups excluding tert-OH is 1. The summed E-state index contributed by atoms with van der Waals surface area (Å²) in [6, 6.07) is 7.98. The van der Waals surface area contributed by atoms with Crippen molar-refractivity contribution >= 4 is 17.8 Å². The average molecular weight is 539 g/mol. The molecule has 6 atom stereocenters. The summed E-state index contributed by atoms with van der Waals surface area (Å²) in [6.07, 6.45) is 6.96. The molecule has 3 heterocycles. The van der Waals surface area contributed by atoms with Gasteiger partial charge in [-0.3, -0.25) is 14.4 Å². The summed E-state index contributed by atoms with van der Waals surface area (Å²) in [5.74, 6) is -2.72. The minimum absolute atomic E-state index is 0.173. The van der Waals surface area contributed by atoms with Gasteiger partial charge in [-0.15, -0.1) is 13.2 Å². The van der Waals surface area contributed by atoms with Gasteiger partial charge in [-0.25, -0.2) is 0 Å². The summed E-state index contributed by atoms with van der Waals surface area (Å²) in [5.41, 5.74) is -1.13. The smallest absolute Gasteiger partial charge is 0.312 e. The van der Waals surface area contributed by atoms with Gasteiger partial charge in [0.05, 0.1) is 30.8 Å². The zero-order valence-electron chi connectivity index (χ0n) is 23.2. The molecule has 39 heavy (non-hydrogen) atoms. The van der Waals surface area contributed by atoms with E-state index in [1.165, 1.54) is 4.90 Å². The molecule has 0 saturated carbocycles. The molecular formula is C31H42N2O6. The quantitative estimate of drug-likeness (QED) is 0.222. The van der Waals surface area contributed by atoms with Crippen LogP contribution in [0.1, 0.15) is 51.5 Å². The van der Waals surface area contributed by atoms with Crippen LogP contribution in [0.5, 0.6) is 0 Å². The molecule has 0 aromatic heterocycles. The predicted molar refractivity (Wildman–Crippen MR) is 148 cm³/mol. The van der Waals surface area contributed by atoms with E-state index in [1.807, 2.05) is 37.3 Å². The second-order valence-electron chi connectivity index (χ2n) is 11.2. The van der Waals surface area contributed by atoms with E-state index >= 15 is 0 Å². The lowest BCUT2D eigenvalue weighted by Gasteiger charge is -2.39. The Morgan fingerprint density at radius 1 is 1.26 bits per heavy atom. The van der Waals surface area contributed by atoms with Crippen LogP contribution in [0, 0.1) is 11.8 Å². The maximum atomic E-state index is 14.4. The molecule has 0 aliphatic carbocycles. The second kappa shape index (κ2) is 12.0. The second-order valence-corrected chi connectivity index (χ2v) is 11.2. The summed E-state index contributed by atoms with van der Waals surface area (Å²) < 4.78 is 12.3. The first-order valence-corrected chi connectivity index (χ1v) is 14.1. The molecular weight excluding hydrogens is 496 g/mol. The summed E-state index contributed by atoms with van der Waals surface area (Å²) in [7, 11) is 0. The van der Waals surface area contributed by atoms with Crippen molar-refractivity contribution in [1.29, 1.82) is 0 Å². The van der Waals surface area contributed by atoms with Gasteiger partial charge in [0.2, 0.25) is 11.8 Å². The van der Waals surface area contributed by atoms with E-state index in [-0.39, 0.29) is 25.0 Å². The van der Waals surface area contributed by atoms with Gasteiger partial charge in [0.15, 0.2) is 0 Å². The van der Waals surface area contributed by atoms with Crippen LogP contribution >= 0.6 is 0 Å². The van der Waals surface area contributed by atoms with Gasteiger partial charge in [0.25, 0.3) is 0 Å². The third-order valence-corrected chi connectivity index (χ3v) is 8.63. The molecule has 3 fully saturated rings. The molecule has 1 aromatic rings. The number of hydrogen-bond acceptors (Lipinski definition) is 6. The molecule has 2 unspecified atom stereocenters. The Labute approximate surface area is 231 Å². The average Bonchev–Trinajstić information content (AvgIpc) is 3.50. The van der Waals surface area contributed by atoms with E-state index in [9.17, 15) is 19.5 Å². The van der Waals surface area contributed by atoms with Crippen molar-refractivity contribution in [2.45, 2.75) is 75.7 Å². The lowest BCUT2D eigenvalue weighted by atomic mass is 9.66. The number of nitrogens with zero attached hydrogens (tertiary/aromatic N) is 2. The molecule has 8 heteroatoms. The molecule has 3 saturated heterocycles. The molecule has 4 rings (SSSR count). The van der Waals surface area contributed by atoms with E-state index in [0.717, 1.165) is 18.4 Å². The van der Waals surface area contributed by atoms with E-state index < -0.39 is 41.1 Å². The number of aliphatic hydroxyl groups is 1. The van der Waals surface area contributed by atoms with Crippen molar-refractivity contribution in [2.24, 2.45) is 11.8 Å². The Kier molecular flexibility index (Phi) is 8.96. The highest BCUT2D eigenvalue weighted by Gasteiger charge is 2.79. The Hall–Kier alpha value is -2.97. The van der Waals surface area contributed by atoms with Crippen molar-refractivity contribution in [2.75, 3.05) is 26.3 Å². The SMILES string of the molecule is C=CCCOC(=O)[C@@H]1[C@H]2C(=O)N([C@@H](CO)Cc3ccccc3)C(C(=O)N(CC=C)CCCC)C23CC[C@@]1(C)O3. The zero-order valence-corrected chi connectivity index (χ0v) is 23.2. The maximum absolute atomic E-state index is 14.4. The third-order valence-electron chi connectivity index (χ3n) is 8.63. The Bertz CT molecular complexity index is 1080. The van der Waals surface area contributed by atoms with Gasteiger partial charge in [-0.05, 0) is 44.6 Å². The van der Waals surface area contributed by atoms with Gasteiger partial charge < -0.3 is 24.4 Å². The van der Waals surface area contributed by atoms with Gasteiger partial charge in [-0.2, -0.15) is 0 Å². The molecule has 2 bridgehead atoms. The number of carbonyl (C=O) groups is 3. The highest BCUT2D eigenvalue weighted by molar-refractivity contribution is 5.98. The van der Waals surface area contributed by atoms with Crippen molar-refractivity contribution in [1.82, 2.24) is 9.80 Å². The minimum atomic E-state index is -1.17. The first-order valence-electron chi connectivity index (χ1n) is 14.1. The summed E-state index contributed by atoms with van der Waals surface area (Å²) in [4.78, 5) is 45.5. The van der Waals surface area contributed by atoms with Crippen LogP contribution in [-0.2, 0) is 30.3 Å². The summed E-state index contributed by atoms with van der Waals surface area (Å²) in [6.45, 7) is 12.1. The predicted octanol–water partition coefficient (Wildman–Crippen LogP) is 3.29. The zero-order chi connectivity index (χ0) is 28.2. The lowest BCUT2D eigenvalue weighted by Crippen LogP contribution is -2.59. The number of fused-ring (bicyclic) bond motifs is 1. The molecule has 1 aromatic carbocycles. The van der Waals surface area contributed by atoms with E-state index in [1.54, 1.807) is 17.1 Å². The van der Waals surface area contributed by atoms with E-state index in [2.05, 4.69) is 20.1 Å². The Morgan fingerprint density at radius 2 is 2.00 bits per heavy atom. The highest BCUT2D eigenvalue weighted by atomic mass is 16.6. The topological polar surface area (TPSA) is 96.4 Å². The fourth-order valence-corrected chi connectivity index (χ4v) is 6.83. The van der Waals surface area contributed by atoms with Crippen molar-refractivity contribution in [3.8, 4) is 0 Å². The molecule has 2 amide bonds. The molecule has 1 spiro atoms. The standard InChI is InChI=1S/C31H42N2O6/c1-5-8-18-32(17-7-3)28(36)26-31-16-15-30(4,39-31)25(29(37)38-19-9-6-2)24(31)27(35)33(26)23(21-34)20-22-13-11-10-12-14-22/h6-7,10-14,23-26,34H,2-3,5,8-9,15-21H2,1,4H3/t23-,24+,25+,26?,30-,31?/m1/s1. The number of carbonyl (C=O) groups excluding carboxylic acids is 3. The highest BCUT2D eigenvalue weighted by Crippen LogP contribution is 2.63. The fraction of sp³-hybridized carbons (Fsp3) is 0.581. The molecule has 212 valence electrons. The number of hydrogen-bond donors (Lipinski definition) is 1. The summed E-state index contributed by atoms with van der Waals surface area (Å²) >= 11 is 0. The van der Waals surface area contributed by atoms with Crippen LogP contribution in [0.4, 0.5) is 0 Å². The normalized spacial score (nSPS) is 29.7. The van der Waals surface area contributed by atoms with Crippen molar-refractivity contribution in [3.63, 3.8) is 0 Å². The largest absolute Gasteiger partial charge is 0.465 e. The number of unbranched alkanes of at least 4 members (excludes halogenated alkanes) is 1. The van der Waals surface area contributed by atoms with Crippen LogP contribution in [0.2, 0.25) is 0 Å². The third kappa shape index (κ3) is 5.16. The van der Waals surface area contributed by atoms with Crippen LogP contribution in [0.15, 0.2) is 55.6 Å². The van der Waals surface area contributed by atoms with Gasteiger partial charge in [0.1, 0.15) is 17.6 Å². The Morgan fingerprint density at radius 3 is 2.64 bits per heavy atom. The number of likely N-dealkylation sites (tertiary alicyclic amines) is 1. The Balaban J connectivity index is 1.77. The number of esters is 1. The molecule has 3 aliphatic heterocycles. The molecule has 8 nitrogen and oxygen atoms in total. The first kappa shape index (κ1) is 29.0. The van der Waals surface area contributed by atoms with Crippen LogP contribution in [0.3, 0.4) is 0 Å². The number of ether oxygens (including phenoxy) is 2. The first-order chi connectivity index (χ1) is 18.8.